The van der Waals surface area contributed by atoms with E-state index in [1.807, 2.05) is 36.4 Å². The first-order chi connectivity index (χ1) is 17.8. The number of aromatic nitrogens is 3. The minimum Gasteiger partial charge on any atom is -0.497 e. The average Bonchev–Trinajstić information content (AvgIpc) is 2.91. The molecule has 1 heterocycles. The lowest BCUT2D eigenvalue weighted by molar-refractivity contribution is 0.414. The van der Waals surface area contributed by atoms with Crippen LogP contribution in [-0.4, -0.2) is 22.1 Å². The third kappa shape index (κ3) is 7.43. The summed E-state index contributed by atoms with van der Waals surface area (Å²) in [6.45, 7) is 9.95. The third-order valence-electron chi connectivity index (χ3n) is 6.14. The second-order valence-electron chi connectivity index (χ2n) is 10.1. The normalized spacial score (nSPS) is 12.0. The first-order valence-corrected chi connectivity index (χ1v) is 12.6. The van der Waals surface area contributed by atoms with Crippen molar-refractivity contribution in [3.8, 4) is 5.75 Å². The van der Waals surface area contributed by atoms with Crippen molar-refractivity contribution in [1.82, 2.24) is 15.0 Å². The number of hydrogen-bond donors (Lipinski definition) is 3. The molecule has 0 fully saturated rings. The number of hydrogen-bond acceptors (Lipinski definition) is 7. The highest BCUT2D eigenvalue weighted by atomic mass is 16.5. The van der Waals surface area contributed by atoms with Crippen LogP contribution in [0, 0.1) is 0 Å². The van der Waals surface area contributed by atoms with E-state index < -0.39 is 0 Å². The third-order valence-corrected chi connectivity index (χ3v) is 6.14. The monoisotopic (exact) mass is 496 g/mol. The van der Waals surface area contributed by atoms with Gasteiger partial charge in [0.2, 0.25) is 17.8 Å². The summed E-state index contributed by atoms with van der Waals surface area (Å²) in [5, 5.41) is 10.1. The summed E-state index contributed by atoms with van der Waals surface area (Å²) in [5.74, 6) is 2.31. The van der Waals surface area contributed by atoms with Gasteiger partial charge >= 0.3 is 0 Å². The standard InChI is InChI=1S/C30H36N6O/c1-21(24-12-9-13-26(18-24)37-5)33-29-35-27(31-19-22-10-7-6-8-11-22)34-28(36-29)32-20-23-14-16-25(17-15-23)30(2,3)4/h6-18,21H,19-20H2,1-5H3,(H3,31,32,33,34,35,36)/t21-/m1/s1. The van der Waals surface area contributed by atoms with Crippen molar-refractivity contribution in [3.63, 3.8) is 0 Å². The zero-order valence-electron chi connectivity index (χ0n) is 22.2. The molecule has 0 aliphatic rings. The largest absolute Gasteiger partial charge is 0.497 e. The fraction of sp³-hybridized carbons (Fsp3) is 0.300. The molecule has 0 aliphatic heterocycles. The fourth-order valence-electron chi connectivity index (χ4n) is 3.87. The van der Waals surface area contributed by atoms with Gasteiger partial charge in [-0.3, -0.25) is 0 Å². The topological polar surface area (TPSA) is 84.0 Å². The smallest absolute Gasteiger partial charge is 0.229 e. The molecule has 192 valence electrons. The van der Waals surface area contributed by atoms with Gasteiger partial charge in [0.05, 0.1) is 13.2 Å². The Labute approximate surface area is 219 Å². The molecule has 4 aromatic rings. The minimum absolute atomic E-state index is 0.0303. The zero-order chi connectivity index (χ0) is 26.3. The molecule has 0 saturated carbocycles. The van der Waals surface area contributed by atoms with Crippen LogP contribution in [0.3, 0.4) is 0 Å². The van der Waals surface area contributed by atoms with E-state index in [0.29, 0.717) is 30.9 Å². The van der Waals surface area contributed by atoms with E-state index in [4.69, 9.17) is 4.74 Å². The Balaban J connectivity index is 1.52. The lowest BCUT2D eigenvalue weighted by Crippen LogP contribution is -2.15. The van der Waals surface area contributed by atoms with Gasteiger partial charge in [-0.2, -0.15) is 15.0 Å². The van der Waals surface area contributed by atoms with E-state index in [0.717, 1.165) is 22.4 Å². The fourth-order valence-corrected chi connectivity index (χ4v) is 3.87. The van der Waals surface area contributed by atoms with Crippen molar-refractivity contribution in [2.45, 2.75) is 52.2 Å². The number of nitrogens with one attached hydrogen (secondary N) is 3. The summed E-state index contributed by atoms with van der Waals surface area (Å²) < 4.78 is 5.38. The molecule has 4 rings (SSSR count). The molecule has 7 nitrogen and oxygen atoms in total. The van der Waals surface area contributed by atoms with Crippen molar-refractivity contribution in [2.75, 3.05) is 23.1 Å². The Morgan fingerprint density at radius 2 is 1.32 bits per heavy atom. The maximum absolute atomic E-state index is 5.38. The van der Waals surface area contributed by atoms with E-state index in [2.05, 4.69) is 101 Å². The van der Waals surface area contributed by atoms with Gasteiger partial charge in [0.25, 0.3) is 0 Å². The van der Waals surface area contributed by atoms with Crippen LogP contribution in [0.4, 0.5) is 17.8 Å². The Morgan fingerprint density at radius 1 is 0.730 bits per heavy atom. The number of benzene rings is 3. The molecule has 1 atom stereocenters. The molecular formula is C30H36N6O. The molecule has 0 unspecified atom stereocenters. The number of anilines is 3. The van der Waals surface area contributed by atoms with Crippen molar-refractivity contribution in [3.05, 3.63) is 101 Å². The first kappa shape index (κ1) is 25.9. The van der Waals surface area contributed by atoms with Crippen LogP contribution in [0.5, 0.6) is 5.75 Å². The van der Waals surface area contributed by atoms with E-state index in [1.165, 1.54) is 5.56 Å². The number of rotatable bonds is 10. The summed E-state index contributed by atoms with van der Waals surface area (Å²) >= 11 is 0. The highest BCUT2D eigenvalue weighted by Gasteiger charge is 2.14. The van der Waals surface area contributed by atoms with Gasteiger partial charge in [0, 0.05) is 13.1 Å². The van der Waals surface area contributed by atoms with Crippen LogP contribution in [0.25, 0.3) is 0 Å². The lowest BCUT2D eigenvalue weighted by atomic mass is 9.87. The molecule has 0 aliphatic carbocycles. The van der Waals surface area contributed by atoms with Crippen LogP contribution < -0.4 is 20.7 Å². The van der Waals surface area contributed by atoms with Crippen molar-refractivity contribution < 1.29 is 4.74 Å². The predicted molar refractivity (Wildman–Crippen MR) is 151 cm³/mol. The molecule has 3 N–H and O–H groups in total. The van der Waals surface area contributed by atoms with Crippen LogP contribution >= 0.6 is 0 Å². The first-order valence-electron chi connectivity index (χ1n) is 12.6. The number of ether oxygens (including phenoxy) is 1. The van der Waals surface area contributed by atoms with E-state index in [1.54, 1.807) is 7.11 Å². The maximum atomic E-state index is 5.38. The average molecular weight is 497 g/mol. The summed E-state index contributed by atoms with van der Waals surface area (Å²) in [4.78, 5) is 13.9. The highest BCUT2D eigenvalue weighted by molar-refractivity contribution is 5.45. The van der Waals surface area contributed by atoms with Crippen molar-refractivity contribution in [1.29, 1.82) is 0 Å². The highest BCUT2D eigenvalue weighted by Crippen LogP contribution is 2.24. The van der Waals surface area contributed by atoms with Gasteiger partial charge in [-0.15, -0.1) is 0 Å². The molecule has 0 saturated heterocycles. The lowest BCUT2D eigenvalue weighted by Gasteiger charge is -2.19. The summed E-state index contributed by atoms with van der Waals surface area (Å²) in [6, 6.07) is 26.8. The van der Waals surface area contributed by atoms with Crippen LogP contribution in [0.15, 0.2) is 78.9 Å². The van der Waals surface area contributed by atoms with Crippen molar-refractivity contribution in [2.24, 2.45) is 0 Å². The summed E-state index contributed by atoms with van der Waals surface area (Å²) in [5.41, 5.74) is 4.82. The Morgan fingerprint density at radius 3 is 1.92 bits per heavy atom. The van der Waals surface area contributed by atoms with Crippen molar-refractivity contribution >= 4 is 17.8 Å². The molecule has 37 heavy (non-hydrogen) atoms. The Kier molecular flexibility index (Phi) is 8.23. The maximum Gasteiger partial charge on any atom is 0.229 e. The Hall–Kier alpha value is -4.13. The van der Waals surface area contributed by atoms with Crippen LogP contribution in [0.1, 0.15) is 56.0 Å². The van der Waals surface area contributed by atoms with Gasteiger partial charge in [-0.1, -0.05) is 87.5 Å². The summed E-state index contributed by atoms with van der Waals surface area (Å²) in [6.07, 6.45) is 0. The quantitative estimate of drug-likeness (QED) is 0.229. The molecule has 0 bridgehead atoms. The molecule has 0 radical (unpaired) electrons. The van der Waals surface area contributed by atoms with E-state index >= 15 is 0 Å². The van der Waals surface area contributed by atoms with Gasteiger partial charge in [0.1, 0.15) is 5.75 Å². The molecule has 1 aromatic heterocycles. The predicted octanol–water partition coefficient (Wildman–Crippen LogP) is 6.58. The van der Waals surface area contributed by atoms with Crippen LogP contribution in [-0.2, 0) is 18.5 Å². The number of methoxy groups -OCH3 is 1. The van der Waals surface area contributed by atoms with Gasteiger partial charge in [-0.05, 0) is 46.7 Å². The molecular weight excluding hydrogens is 460 g/mol. The molecule has 7 heteroatoms. The molecule has 0 amide bonds. The SMILES string of the molecule is COc1cccc([C@@H](C)Nc2nc(NCc3ccccc3)nc(NCc3ccc(C(C)(C)C)cc3)n2)c1. The molecule has 0 spiro atoms. The Bertz CT molecular complexity index is 1290. The zero-order valence-corrected chi connectivity index (χ0v) is 22.2. The number of nitrogens with zero attached hydrogens (tertiary/aromatic N) is 3. The second kappa shape index (κ2) is 11.7. The second-order valence-corrected chi connectivity index (χ2v) is 10.1. The van der Waals surface area contributed by atoms with Gasteiger partial charge in [-0.25, -0.2) is 0 Å². The van der Waals surface area contributed by atoms with Crippen LogP contribution in [0.2, 0.25) is 0 Å². The van der Waals surface area contributed by atoms with Gasteiger partial charge < -0.3 is 20.7 Å². The molecule has 3 aromatic carbocycles. The van der Waals surface area contributed by atoms with E-state index in [-0.39, 0.29) is 11.5 Å². The van der Waals surface area contributed by atoms with Gasteiger partial charge in [0.15, 0.2) is 0 Å². The minimum atomic E-state index is -0.0303. The summed E-state index contributed by atoms with van der Waals surface area (Å²) in [7, 11) is 1.67. The van der Waals surface area contributed by atoms with E-state index in [9.17, 15) is 0 Å².